The van der Waals surface area contributed by atoms with E-state index in [1.807, 2.05) is 19.1 Å². The lowest BCUT2D eigenvalue weighted by Gasteiger charge is -2.20. The summed E-state index contributed by atoms with van der Waals surface area (Å²) in [5.74, 6) is 0.388. The van der Waals surface area contributed by atoms with Crippen LogP contribution in [0.1, 0.15) is 40.3 Å². The van der Waals surface area contributed by atoms with Crippen LogP contribution >= 0.6 is 11.6 Å². The summed E-state index contributed by atoms with van der Waals surface area (Å²) in [6.07, 6.45) is 2.09. The fourth-order valence-electron chi connectivity index (χ4n) is 4.22. The van der Waals surface area contributed by atoms with E-state index in [4.69, 9.17) is 20.8 Å². The number of pyridine rings is 1. The van der Waals surface area contributed by atoms with Crippen LogP contribution in [0.15, 0.2) is 57.9 Å². The average Bonchev–Trinajstić information content (AvgIpc) is 3.25. The maximum atomic E-state index is 13.3. The van der Waals surface area contributed by atoms with Gasteiger partial charge in [0.25, 0.3) is 11.5 Å². The predicted octanol–water partition coefficient (Wildman–Crippen LogP) is 3.22. The number of methoxy groups -OCH3 is 1. The van der Waals surface area contributed by atoms with Crippen LogP contribution in [0, 0.1) is 0 Å². The van der Waals surface area contributed by atoms with E-state index >= 15 is 0 Å². The molecule has 0 radical (unpaired) electrons. The zero-order chi connectivity index (χ0) is 24.2. The number of rotatable bonds is 6. The first kappa shape index (κ1) is 23.6. The number of furan rings is 1. The van der Waals surface area contributed by atoms with Crippen LogP contribution < -0.4 is 15.6 Å². The molecule has 0 fully saturated rings. The van der Waals surface area contributed by atoms with Crippen molar-refractivity contribution in [2.75, 3.05) is 20.2 Å². The average molecular weight is 484 g/mol. The van der Waals surface area contributed by atoms with E-state index in [9.17, 15) is 14.4 Å². The fraction of sp³-hybridized carbons (Fsp3) is 0.320. The molecule has 1 aliphatic rings. The number of carbonyl (C=O) groups excluding carboxylic acids is 2. The lowest BCUT2D eigenvalue weighted by molar-refractivity contribution is -0.130. The third kappa shape index (κ3) is 5.02. The first-order chi connectivity index (χ1) is 16.4. The minimum absolute atomic E-state index is 0.0625. The highest BCUT2D eigenvalue weighted by Gasteiger charge is 2.27. The van der Waals surface area contributed by atoms with Gasteiger partial charge in [-0.2, -0.15) is 0 Å². The number of halogens is 1. The minimum atomic E-state index is -0.374. The standard InChI is InChI=1S/C25H26ClN3O5/c1-16(20-7-4-12-34-20)27-25(32)24-19-8-9-28(10-11-29(19)23(31)15-21(24)33-2)22(30)14-17-5-3-6-18(26)13-17/h3-7,12-13,15-16H,8-11,14H2,1-2H3,(H,27,32)/t16-/m0/s1. The fourth-order valence-corrected chi connectivity index (χ4v) is 4.43. The first-order valence-electron chi connectivity index (χ1n) is 11.0. The Bertz CT molecular complexity index is 1250. The molecule has 1 aromatic carbocycles. The molecule has 4 rings (SSSR count). The van der Waals surface area contributed by atoms with E-state index in [2.05, 4.69) is 5.32 Å². The molecule has 3 heterocycles. The lowest BCUT2D eigenvalue weighted by atomic mass is 10.1. The van der Waals surface area contributed by atoms with Crippen LogP contribution in [-0.4, -0.2) is 41.5 Å². The molecule has 2 amide bonds. The van der Waals surface area contributed by atoms with E-state index in [1.165, 1.54) is 13.2 Å². The Balaban J connectivity index is 1.58. The van der Waals surface area contributed by atoms with Crippen LogP contribution in [0.5, 0.6) is 5.75 Å². The Morgan fingerprint density at radius 2 is 2.00 bits per heavy atom. The second-order valence-corrected chi connectivity index (χ2v) is 8.61. The van der Waals surface area contributed by atoms with E-state index in [-0.39, 0.29) is 42.1 Å². The van der Waals surface area contributed by atoms with Crippen LogP contribution in [0.4, 0.5) is 0 Å². The SMILES string of the molecule is COc1cc(=O)n2c(c1C(=O)N[C@@H](C)c1ccco1)CCN(C(=O)Cc1cccc(Cl)c1)CC2. The number of hydrogen-bond donors (Lipinski definition) is 1. The van der Waals surface area contributed by atoms with Gasteiger partial charge in [0, 0.05) is 42.8 Å². The maximum Gasteiger partial charge on any atom is 0.257 e. The summed E-state index contributed by atoms with van der Waals surface area (Å²) in [4.78, 5) is 40.8. The summed E-state index contributed by atoms with van der Waals surface area (Å²) in [6, 6.07) is 11.7. The van der Waals surface area contributed by atoms with Crippen LogP contribution in [0.2, 0.25) is 5.02 Å². The maximum absolute atomic E-state index is 13.3. The van der Waals surface area contributed by atoms with Gasteiger partial charge in [-0.25, -0.2) is 0 Å². The summed E-state index contributed by atoms with van der Waals surface area (Å²) in [5, 5.41) is 3.49. The topological polar surface area (TPSA) is 93.8 Å². The van der Waals surface area contributed by atoms with Crippen LogP contribution in [0.3, 0.4) is 0 Å². The third-order valence-corrected chi connectivity index (χ3v) is 6.19. The van der Waals surface area contributed by atoms with Crippen molar-refractivity contribution in [2.24, 2.45) is 0 Å². The number of nitrogens with zero attached hydrogens (tertiary/aromatic N) is 2. The molecule has 1 aliphatic heterocycles. The van der Waals surface area contributed by atoms with Crippen molar-refractivity contribution < 1.29 is 18.7 Å². The van der Waals surface area contributed by atoms with Crippen molar-refractivity contribution >= 4 is 23.4 Å². The van der Waals surface area contributed by atoms with Gasteiger partial charge in [0.05, 0.1) is 25.8 Å². The van der Waals surface area contributed by atoms with E-state index in [0.717, 1.165) is 5.56 Å². The van der Waals surface area contributed by atoms with Gasteiger partial charge >= 0.3 is 0 Å². The van der Waals surface area contributed by atoms with Gasteiger partial charge in [0.15, 0.2) is 0 Å². The van der Waals surface area contributed by atoms with Gasteiger partial charge in [-0.05, 0) is 36.8 Å². The van der Waals surface area contributed by atoms with Crippen LogP contribution in [0.25, 0.3) is 0 Å². The van der Waals surface area contributed by atoms with Crippen molar-refractivity contribution in [3.05, 3.63) is 86.7 Å². The number of ether oxygens (including phenoxy) is 1. The van der Waals surface area contributed by atoms with Crippen molar-refractivity contribution in [2.45, 2.75) is 32.4 Å². The smallest absolute Gasteiger partial charge is 0.257 e. The molecular formula is C25H26ClN3O5. The highest BCUT2D eigenvalue weighted by molar-refractivity contribution is 6.30. The zero-order valence-electron chi connectivity index (χ0n) is 19.0. The molecule has 2 aromatic heterocycles. The molecule has 8 nitrogen and oxygen atoms in total. The third-order valence-electron chi connectivity index (χ3n) is 5.96. The molecule has 3 aromatic rings. The number of hydrogen-bond acceptors (Lipinski definition) is 5. The highest BCUT2D eigenvalue weighted by Crippen LogP contribution is 2.24. The molecule has 178 valence electrons. The van der Waals surface area contributed by atoms with Crippen molar-refractivity contribution in [3.8, 4) is 5.75 Å². The van der Waals surface area contributed by atoms with Crippen molar-refractivity contribution in [3.63, 3.8) is 0 Å². The molecular weight excluding hydrogens is 458 g/mol. The Hall–Kier alpha value is -3.52. The molecule has 0 unspecified atom stereocenters. The van der Waals surface area contributed by atoms with Gasteiger partial charge < -0.3 is 23.9 Å². The summed E-state index contributed by atoms with van der Waals surface area (Å²) in [5.41, 5.74) is 1.40. The van der Waals surface area contributed by atoms with Crippen LogP contribution in [-0.2, 0) is 24.2 Å². The number of aromatic nitrogens is 1. The summed E-state index contributed by atoms with van der Waals surface area (Å²) in [7, 11) is 1.43. The quantitative estimate of drug-likeness (QED) is 0.581. The van der Waals surface area contributed by atoms with Crippen molar-refractivity contribution in [1.82, 2.24) is 14.8 Å². The Labute approximate surface area is 202 Å². The zero-order valence-corrected chi connectivity index (χ0v) is 19.8. The molecule has 9 heteroatoms. The van der Waals surface area contributed by atoms with E-state index in [0.29, 0.717) is 41.6 Å². The number of amides is 2. The predicted molar refractivity (Wildman–Crippen MR) is 127 cm³/mol. The molecule has 0 spiro atoms. The largest absolute Gasteiger partial charge is 0.496 e. The van der Waals surface area contributed by atoms with Gasteiger partial charge in [-0.15, -0.1) is 0 Å². The second-order valence-electron chi connectivity index (χ2n) is 8.17. The van der Waals surface area contributed by atoms with Gasteiger partial charge in [-0.1, -0.05) is 23.7 Å². The van der Waals surface area contributed by atoms with Gasteiger partial charge in [-0.3, -0.25) is 14.4 Å². The molecule has 0 saturated carbocycles. The normalized spacial score (nSPS) is 14.1. The lowest BCUT2D eigenvalue weighted by Crippen LogP contribution is -2.35. The first-order valence-corrected chi connectivity index (χ1v) is 11.4. The van der Waals surface area contributed by atoms with Gasteiger partial charge in [0.2, 0.25) is 5.91 Å². The molecule has 34 heavy (non-hydrogen) atoms. The monoisotopic (exact) mass is 483 g/mol. The summed E-state index contributed by atoms with van der Waals surface area (Å²) >= 11 is 6.04. The Morgan fingerprint density at radius 3 is 2.71 bits per heavy atom. The molecule has 1 atom stereocenters. The Morgan fingerprint density at radius 1 is 1.18 bits per heavy atom. The summed E-state index contributed by atoms with van der Waals surface area (Å²) < 4.78 is 12.3. The molecule has 0 bridgehead atoms. The number of fused-ring (bicyclic) bond motifs is 1. The van der Waals surface area contributed by atoms with Crippen molar-refractivity contribution in [1.29, 1.82) is 0 Å². The van der Waals surface area contributed by atoms with E-state index in [1.54, 1.807) is 40.0 Å². The number of carbonyl (C=O) groups is 2. The Kier molecular flexibility index (Phi) is 7.07. The molecule has 0 aliphatic carbocycles. The van der Waals surface area contributed by atoms with E-state index < -0.39 is 0 Å². The number of nitrogens with one attached hydrogen (secondary N) is 1. The second kappa shape index (κ2) is 10.2. The highest BCUT2D eigenvalue weighted by atomic mass is 35.5. The molecule has 1 N–H and O–H groups in total. The van der Waals surface area contributed by atoms with Gasteiger partial charge in [0.1, 0.15) is 17.1 Å². The summed E-state index contributed by atoms with van der Waals surface area (Å²) in [6.45, 7) is 2.84. The molecule has 0 saturated heterocycles. The number of benzene rings is 1. The minimum Gasteiger partial charge on any atom is -0.496 e.